The van der Waals surface area contributed by atoms with Crippen molar-refractivity contribution in [3.8, 4) is 0 Å². The summed E-state index contributed by atoms with van der Waals surface area (Å²) in [7, 11) is 0. The molecule has 2 amide bonds. The van der Waals surface area contributed by atoms with Crippen LogP contribution in [-0.2, 0) is 4.79 Å². The standard InChI is InChI=1S/C14H19FN2O3/c1-8(2)6-12(13(18)19)17-14(20)16-11-5-4-9(3)7-10(11)15/h4-5,7-8,12H,6H2,1-3H3,(H,18,19)(H2,16,17,20)/t12-/m0/s1. The quantitative estimate of drug-likeness (QED) is 0.777. The molecule has 0 saturated carbocycles. The van der Waals surface area contributed by atoms with Crippen molar-refractivity contribution >= 4 is 17.7 Å². The van der Waals surface area contributed by atoms with Crippen LogP contribution in [0.1, 0.15) is 25.8 Å². The number of benzene rings is 1. The van der Waals surface area contributed by atoms with Gasteiger partial charge in [0.2, 0.25) is 0 Å². The van der Waals surface area contributed by atoms with Crippen molar-refractivity contribution < 1.29 is 19.1 Å². The lowest BCUT2D eigenvalue weighted by molar-refractivity contribution is -0.139. The lowest BCUT2D eigenvalue weighted by Gasteiger charge is -2.17. The first kappa shape index (κ1) is 15.9. The molecule has 20 heavy (non-hydrogen) atoms. The molecule has 0 unspecified atom stereocenters. The summed E-state index contributed by atoms with van der Waals surface area (Å²) in [5, 5.41) is 13.6. The van der Waals surface area contributed by atoms with Gasteiger partial charge in [0.25, 0.3) is 0 Å². The largest absolute Gasteiger partial charge is 0.480 e. The molecule has 0 bridgehead atoms. The van der Waals surface area contributed by atoms with E-state index in [0.717, 1.165) is 5.56 Å². The number of aryl methyl sites for hydroxylation is 1. The van der Waals surface area contributed by atoms with Gasteiger partial charge in [0, 0.05) is 0 Å². The number of hydrogen-bond donors (Lipinski definition) is 3. The number of aliphatic carboxylic acids is 1. The van der Waals surface area contributed by atoms with Gasteiger partial charge in [0.1, 0.15) is 11.9 Å². The number of halogens is 1. The molecule has 1 rings (SSSR count). The molecule has 1 aromatic rings. The lowest BCUT2D eigenvalue weighted by atomic mass is 10.0. The van der Waals surface area contributed by atoms with Gasteiger partial charge in [-0.3, -0.25) is 0 Å². The smallest absolute Gasteiger partial charge is 0.326 e. The molecule has 1 aromatic carbocycles. The Morgan fingerprint density at radius 3 is 2.50 bits per heavy atom. The van der Waals surface area contributed by atoms with E-state index in [1.165, 1.54) is 12.1 Å². The van der Waals surface area contributed by atoms with Gasteiger partial charge >= 0.3 is 12.0 Å². The van der Waals surface area contributed by atoms with E-state index in [-0.39, 0.29) is 11.6 Å². The molecule has 110 valence electrons. The van der Waals surface area contributed by atoms with Gasteiger partial charge in [-0.2, -0.15) is 0 Å². The Balaban J connectivity index is 2.68. The van der Waals surface area contributed by atoms with E-state index >= 15 is 0 Å². The average molecular weight is 282 g/mol. The van der Waals surface area contributed by atoms with E-state index in [2.05, 4.69) is 10.6 Å². The summed E-state index contributed by atoms with van der Waals surface area (Å²) in [5.41, 5.74) is 0.749. The molecule has 6 heteroatoms. The van der Waals surface area contributed by atoms with E-state index in [1.54, 1.807) is 13.0 Å². The third kappa shape index (κ3) is 4.87. The third-order valence-corrected chi connectivity index (χ3v) is 2.68. The molecular formula is C14H19FN2O3. The number of nitrogens with one attached hydrogen (secondary N) is 2. The molecule has 5 nitrogen and oxygen atoms in total. The fourth-order valence-electron chi connectivity index (χ4n) is 1.73. The number of hydrogen-bond acceptors (Lipinski definition) is 2. The molecule has 0 aliphatic rings. The highest BCUT2D eigenvalue weighted by atomic mass is 19.1. The molecular weight excluding hydrogens is 263 g/mol. The summed E-state index contributed by atoms with van der Waals surface area (Å²) in [6, 6.07) is 2.65. The van der Waals surface area contributed by atoms with Crippen LogP contribution >= 0.6 is 0 Å². The molecule has 3 N–H and O–H groups in total. The Labute approximate surface area is 117 Å². The van der Waals surface area contributed by atoms with Gasteiger partial charge in [0.15, 0.2) is 0 Å². The second kappa shape index (κ2) is 6.88. The number of carboxylic acid groups (broad SMARTS) is 1. The van der Waals surface area contributed by atoms with Crippen molar-refractivity contribution in [1.29, 1.82) is 0 Å². The first-order valence-corrected chi connectivity index (χ1v) is 6.36. The van der Waals surface area contributed by atoms with Crippen molar-refractivity contribution in [2.75, 3.05) is 5.32 Å². The maximum atomic E-state index is 13.6. The first-order valence-electron chi connectivity index (χ1n) is 6.36. The van der Waals surface area contributed by atoms with Crippen LogP contribution in [0.25, 0.3) is 0 Å². The second-order valence-corrected chi connectivity index (χ2v) is 5.10. The second-order valence-electron chi connectivity index (χ2n) is 5.10. The minimum absolute atomic E-state index is 0.0155. The molecule has 0 spiro atoms. The fourth-order valence-corrected chi connectivity index (χ4v) is 1.73. The van der Waals surface area contributed by atoms with Gasteiger partial charge in [-0.25, -0.2) is 14.0 Å². The zero-order valence-electron chi connectivity index (χ0n) is 11.7. The van der Waals surface area contributed by atoms with Crippen LogP contribution in [0.3, 0.4) is 0 Å². The molecule has 0 fully saturated rings. The lowest BCUT2D eigenvalue weighted by Crippen LogP contribution is -2.43. The number of anilines is 1. The number of carboxylic acids is 1. The van der Waals surface area contributed by atoms with E-state index in [9.17, 15) is 14.0 Å². The predicted molar refractivity (Wildman–Crippen MR) is 74.2 cm³/mol. The molecule has 0 saturated heterocycles. The topological polar surface area (TPSA) is 78.4 Å². The Morgan fingerprint density at radius 1 is 1.35 bits per heavy atom. The Morgan fingerprint density at radius 2 is 2.00 bits per heavy atom. The predicted octanol–water partition coefficient (Wildman–Crippen LogP) is 2.75. The molecule has 0 aromatic heterocycles. The van der Waals surface area contributed by atoms with Crippen molar-refractivity contribution in [1.82, 2.24) is 5.32 Å². The van der Waals surface area contributed by atoms with Crippen LogP contribution in [0.15, 0.2) is 18.2 Å². The Hall–Kier alpha value is -2.11. The van der Waals surface area contributed by atoms with Gasteiger partial charge < -0.3 is 15.7 Å². The zero-order valence-corrected chi connectivity index (χ0v) is 11.7. The Bertz CT molecular complexity index is 503. The van der Waals surface area contributed by atoms with E-state index < -0.39 is 23.9 Å². The van der Waals surface area contributed by atoms with Gasteiger partial charge in [-0.05, 0) is 37.0 Å². The highest BCUT2D eigenvalue weighted by Crippen LogP contribution is 2.15. The summed E-state index contributed by atoms with van der Waals surface area (Å²) >= 11 is 0. The summed E-state index contributed by atoms with van der Waals surface area (Å²) in [4.78, 5) is 22.7. The van der Waals surface area contributed by atoms with Crippen LogP contribution in [0.5, 0.6) is 0 Å². The van der Waals surface area contributed by atoms with Crippen molar-refractivity contribution in [2.45, 2.75) is 33.2 Å². The number of carbonyl (C=O) groups excluding carboxylic acids is 1. The summed E-state index contributed by atoms with van der Waals surface area (Å²) in [6.45, 7) is 5.44. The average Bonchev–Trinajstić information content (AvgIpc) is 2.31. The molecule has 0 heterocycles. The normalized spacial score (nSPS) is 12.1. The number of carbonyl (C=O) groups is 2. The highest BCUT2D eigenvalue weighted by molar-refractivity contribution is 5.92. The van der Waals surface area contributed by atoms with Crippen LogP contribution in [0.4, 0.5) is 14.9 Å². The van der Waals surface area contributed by atoms with Crippen molar-refractivity contribution in [3.63, 3.8) is 0 Å². The summed E-state index contributed by atoms with van der Waals surface area (Å²) in [5.74, 6) is -1.55. The first-order chi connectivity index (χ1) is 9.29. The SMILES string of the molecule is Cc1ccc(NC(=O)N[C@@H](CC(C)C)C(=O)O)c(F)c1. The number of urea groups is 1. The van der Waals surface area contributed by atoms with E-state index in [1.807, 2.05) is 13.8 Å². The van der Waals surface area contributed by atoms with Gasteiger partial charge in [-0.1, -0.05) is 19.9 Å². The monoisotopic (exact) mass is 282 g/mol. The minimum atomic E-state index is -1.11. The highest BCUT2D eigenvalue weighted by Gasteiger charge is 2.21. The van der Waals surface area contributed by atoms with Crippen LogP contribution in [0, 0.1) is 18.7 Å². The van der Waals surface area contributed by atoms with Crippen molar-refractivity contribution in [3.05, 3.63) is 29.6 Å². The van der Waals surface area contributed by atoms with Gasteiger partial charge in [0.05, 0.1) is 5.69 Å². The van der Waals surface area contributed by atoms with Crippen LogP contribution in [-0.4, -0.2) is 23.1 Å². The summed E-state index contributed by atoms with van der Waals surface area (Å²) < 4.78 is 13.6. The fraction of sp³-hybridized carbons (Fsp3) is 0.429. The zero-order chi connectivity index (χ0) is 15.3. The molecule has 0 radical (unpaired) electrons. The third-order valence-electron chi connectivity index (χ3n) is 2.68. The summed E-state index contributed by atoms with van der Waals surface area (Å²) in [6.07, 6.45) is 0.305. The maximum absolute atomic E-state index is 13.6. The number of rotatable bonds is 5. The molecule has 0 aliphatic carbocycles. The van der Waals surface area contributed by atoms with Crippen LogP contribution in [0.2, 0.25) is 0 Å². The molecule has 1 atom stereocenters. The Kier molecular flexibility index (Phi) is 5.49. The minimum Gasteiger partial charge on any atom is -0.480 e. The van der Waals surface area contributed by atoms with Crippen molar-refractivity contribution in [2.24, 2.45) is 5.92 Å². The molecule has 0 aliphatic heterocycles. The maximum Gasteiger partial charge on any atom is 0.326 e. The van der Waals surface area contributed by atoms with Crippen LogP contribution < -0.4 is 10.6 Å². The van der Waals surface area contributed by atoms with E-state index in [0.29, 0.717) is 6.42 Å². The van der Waals surface area contributed by atoms with E-state index in [4.69, 9.17) is 5.11 Å². The number of amides is 2. The van der Waals surface area contributed by atoms with Gasteiger partial charge in [-0.15, -0.1) is 0 Å².